The number of rotatable bonds is 4. The van der Waals surface area contributed by atoms with E-state index < -0.39 is 17.2 Å². The number of halogens is 1. The predicted octanol–water partition coefficient (Wildman–Crippen LogP) is 2.99. The lowest BCUT2D eigenvalue weighted by molar-refractivity contribution is -0.116. The maximum Gasteiger partial charge on any atom is 0.267 e. The topological polar surface area (TPSA) is 88.4 Å². The Kier molecular flexibility index (Phi) is 5.14. The van der Waals surface area contributed by atoms with Gasteiger partial charge in [0.1, 0.15) is 17.1 Å². The fourth-order valence-corrected chi connectivity index (χ4v) is 3.41. The second-order valence-corrected chi connectivity index (χ2v) is 7.04. The van der Waals surface area contributed by atoms with Crippen molar-refractivity contribution >= 4 is 38.5 Å². The summed E-state index contributed by atoms with van der Waals surface area (Å²) in [7, 11) is 1.53. The standard InChI is InChI=1S/C20H17BrN2O4/c1-11(24)10-22-19(26)17-18(25)14-9-12(13-5-3-4-6-15(13)21)7-8-16(14)23(2)20(17)27/h3-9,25H,10H2,1-2H3,(H,22,26). The largest absolute Gasteiger partial charge is 0.506 e. The molecule has 0 saturated carbocycles. The second-order valence-electron chi connectivity index (χ2n) is 6.18. The minimum atomic E-state index is -0.781. The van der Waals surface area contributed by atoms with E-state index in [4.69, 9.17) is 0 Å². The lowest BCUT2D eigenvalue weighted by Gasteiger charge is -2.13. The van der Waals surface area contributed by atoms with Gasteiger partial charge in [0.05, 0.1) is 12.1 Å². The Bertz CT molecular complexity index is 1130. The zero-order chi connectivity index (χ0) is 19.7. The van der Waals surface area contributed by atoms with Crippen LogP contribution in [0.15, 0.2) is 51.7 Å². The van der Waals surface area contributed by atoms with Crippen molar-refractivity contribution in [3.63, 3.8) is 0 Å². The minimum Gasteiger partial charge on any atom is -0.506 e. The number of carbonyl (C=O) groups is 2. The van der Waals surface area contributed by atoms with Crippen molar-refractivity contribution in [1.82, 2.24) is 9.88 Å². The molecule has 0 spiro atoms. The summed E-state index contributed by atoms with van der Waals surface area (Å²) >= 11 is 3.50. The number of aromatic nitrogens is 1. The van der Waals surface area contributed by atoms with E-state index in [1.807, 2.05) is 30.3 Å². The Morgan fingerprint density at radius 1 is 1.19 bits per heavy atom. The van der Waals surface area contributed by atoms with Crippen molar-refractivity contribution in [3.8, 4) is 16.9 Å². The molecule has 0 aliphatic carbocycles. The van der Waals surface area contributed by atoms with Gasteiger partial charge in [0, 0.05) is 16.9 Å². The molecule has 27 heavy (non-hydrogen) atoms. The van der Waals surface area contributed by atoms with Crippen molar-refractivity contribution in [2.45, 2.75) is 6.92 Å². The highest BCUT2D eigenvalue weighted by molar-refractivity contribution is 9.10. The van der Waals surface area contributed by atoms with Gasteiger partial charge in [-0.2, -0.15) is 0 Å². The van der Waals surface area contributed by atoms with Crippen LogP contribution in [0.25, 0.3) is 22.0 Å². The first-order valence-electron chi connectivity index (χ1n) is 8.19. The highest BCUT2D eigenvalue weighted by Crippen LogP contribution is 2.33. The molecular weight excluding hydrogens is 412 g/mol. The Morgan fingerprint density at radius 3 is 2.56 bits per heavy atom. The van der Waals surface area contributed by atoms with Gasteiger partial charge >= 0.3 is 0 Å². The van der Waals surface area contributed by atoms with Crippen LogP contribution >= 0.6 is 15.9 Å². The van der Waals surface area contributed by atoms with Gasteiger partial charge in [-0.15, -0.1) is 0 Å². The summed E-state index contributed by atoms with van der Waals surface area (Å²) in [5.74, 6) is -1.43. The molecule has 0 aliphatic rings. The number of pyridine rings is 1. The molecule has 6 nitrogen and oxygen atoms in total. The molecule has 2 aromatic carbocycles. The third-order valence-electron chi connectivity index (χ3n) is 4.28. The molecule has 1 amide bonds. The molecule has 1 aromatic heterocycles. The number of fused-ring (bicyclic) bond motifs is 1. The van der Waals surface area contributed by atoms with Crippen molar-refractivity contribution in [2.75, 3.05) is 6.54 Å². The summed E-state index contributed by atoms with van der Waals surface area (Å²) in [5, 5.41) is 13.4. The van der Waals surface area contributed by atoms with E-state index in [-0.39, 0.29) is 17.9 Å². The first-order valence-corrected chi connectivity index (χ1v) is 8.98. The van der Waals surface area contributed by atoms with Gasteiger partial charge in [-0.25, -0.2) is 0 Å². The summed E-state index contributed by atoms with van der Waals surface area (Å²) < 4.78 is 2.19. The van der Waals surface area contributed by atoms with Crippen LogP contribution in [0.2, 0.25) is 0 Å². The molecule has 3 rings (SSSR count). The molecule has 7 heteroatoms. The van der Waals surface area contributed by atoms with Crippen LogP contribution < -0.4 is 10.9 Å². The average Bonchev–Trinajstić information content (AvgIpc) is 2.64. The molecule has 0 fully saturated rings. The average molecular weight is 429 g/mol. The Balaban J connectivity index is 2.22. The van der Waals surface area contributed by atoms with Crippen LogP contribution in [-0.2, 0) is 11.8 Å². The number of ketones is 1. The molecule has 0 unspecified atom stereocenters. The molecule has 0 saturated heterocycles. The van der Waals surface area contributed by atoms with Crippen molar-refractivity contribution in [3.05, 3.63) is 62.9 Å². The van der Waals surface area contributed by atoms with Crippen LogP contribution in [0.5, 0.6) is 5.75 Å². The van der Waals surface area contributed by atoms with Gasteiger partial charge in [-0.1, -0.05) is 40.2 Å². The lowest BCUT2D eigenvalue weighted by Crippen LogP contribution is -2.34. The maximum absolute atomic E-state index is 12.5. The van der Waals surface area contributed by atoms with E-state index in [1.165, 1.54) is 18.5 Å². The zero-order valence-corrected chi connectivity index (χ0v) is 16.3. The van der Waals surface area contributed by atoms with Crippen molar-refractivity contribution < 1.29 is 14.7 Å². The number of hydrogen-bond acceptors (Lipinski definition) is 4. The third-order valence-corrected chi connectivity index (χ3v) is 4.97. The van der Waals surface area contributed by atoms with Crippen LogP contribution in [0.4, 0.5) is 0 Å². The van der Waals surface area contributed by atoms with E-state index in [2.05, 4.69) is 21.2 Å². The van der Waals surface area contributed by atoms with Gasteiger partial charge < -0.3 is 15.0 Å². The van der Waals surface area contributed by atoms with E-state index in [9.17, 15) is 19.5 Å². The van der Waals surface area contributed by atoms with E-state index >= 15 is 0 Å². The first-order chi connectivity index (χ1) is 12.8. The quantitative estimate of drug-likeness (QED) is 0.668. The van der Waals surface area contributed by atoms with Crippen LogP contribution in [0.3, 0.4) is 0 Å². The first kappa shape index (κ1) is 18.8. The summed E-state index contributed by atoms with van der Waals surface area (Å²) in [6.45, 7) is 1.11. The number of benzene rings is 2. The van der Waals surface area contributed by atoms with Gasteiger partial charge in [0.15, 0.2) is 0 Å². The molecule has 0 bridgehead atoms. The van der Waals surface area contributed by atoms with E-state index in [0.717, 1.165) is 15.6 Å². The number of nitrogens with zero attached hydrogens (tertiary/aromatic N) is 1. The Labute approximate surface area is 163 Å². The molecule has 0 atom stereocenters. The van der Waals surface area contributed by atoms with Gasteiger partial charge in [0.2, 0.25) is 0 Å². The van der Waals surface area contributed by atoms with Crippen LogP contribution in [0, 0.1) is 0 Å². The Morgan fingerprint density at radius 2 is 1.89 bits per heavy atom. The van der Waals surface area contributed by atoms with E-state index in [1.54, 1.807) is 12.1 Å². The normalized spacial score (nSPS) is 10.8. The molecule has 1 heterocycles. The molecule has 138 valence electrons. The molecule has 0 aliphatic heterocycles. The molecule has 2 N–H and O–H groups in total. The predicted molar refractivity (Wildman–Crippen MR) is 107 cm³/mol. The number of carbonyl (C=O) groups excluding carboxylic acids is 2. The van der Waals surface area contributed by atoms with Crippen LogP contribution in [-0.4, -0.2) is 27.9 Å². The monoisotopic (exact) mass is 428 g/mol. The lowest BCUT2D eigenvalue weighted by atomic mass is 10.0. The van der Waals surface area contributed by atoms with Crippen LogP contribution in [0.1, 0.15) is 17.3 Å². The van der Waals surface area contributed by atoms with Crippen molar-refractivity contribution in [2.24, 2.45) is 7.05 Å². The minimum absolute atomic E-state index is 0.212. The van der Waals surface area contributed by atoms with E-state index in [0.29, 0.717) is 10.9 Å². The number of aromatic hydroxyl groups is 1. The van der Waals surface area contributed by atoms with Gasteiger partial charge in [0.25, 0.3) is 11.5 Å². The summed E-state index contributed by atoms with van der Waals surface area (Å²) in [5.41, 5.74) is 1.22. The van der Waals surface area contributed by atoms with Gasteiger partial charge in [-0.3, -0.25) is 14.4 Å². The number of hydrogen-bond donors (Lipinski definition) is 2. The molecule has 3 aromatic rings. The SMILES string of the molecule is CC(=O)CNC(=O)c1c(O)c2cc(-c3ccccc3Br)ccc2n(C)c1=O. The van der Waals surface area contributed by atoms with Gasteiger partial charge in [-0.05, 0) is 36.2 Å². The highest BCUT2D eigenvalue weighted by atomic mass is 79.9. The Hall–Kier alpha value is -2.93. The fourth-order valence-electron chi connectivity index (χ4n) is 2.89. The second kappa shape index (κ2) is 7.36. The summed E-state index contributed by atoms with van der Waals surface area (Å²) in [6.07, 6.45) is 0. The third kappa shape index (κ3) is 3.50. The highest BCUT2D eigenvalue weighted by Gasteiger charge is 2.21. The number of aryl methyl sites for hydroxylation is 1. The zero-order valence-electron chi connectivity index (χ0n) is 14.7. The number of amides is 1. The fraction of sp³-hybridized carbons (Fsp3) is 0.150. The summed E-state index contributed by atoms with van der Waals surface area (Å²) in [4.78, 5) is 36.0. The summed E-state index contributed by atoms with van der Waals surface area (Å²) in [6, 6.07) is 12.9. The maximum atomic E-state index is 12.5. The molecular formula is C20H17BrN2O4. The smallest absolute Gasteiger partial charge is 0.267 e. The number of nitrogens with one attached hydrogen (secondary N) is 1. The molecule has 0 radical (unpaired) electrons. The van der Waals surface area contributed by atoms with Crippen molar-refractivity contribution in [1.29, 1.82) is 0 Å². The number of Topliss-reactive ketones (excluding diaryl/α,β-unsaturated/α-hetero) is 1.